The highest BCUT2D eigenvalue weighted by molar-refractivity contribution is 6.32. The van der Waals surface area contributed by atoms with E-state index in [1.165, 1.54) is 12.8 Å². The minimum absolute atomic E-state index is 0.0649. The Morgan fingerprint density at radius 2 is 1.78 bits per heavy atom. The molecule has 5 heteroatoms. The van der Waals surface area contributed by atoms with Crippen molar-refractivity contribution in [3.63, 3.8) is 0 Å². The highest BCUT2D eigenvalue weighted by Gasteiger charge is 2.16. The highest BCUT2D eigenvalue weighted by atomic mass is 35.5. The molecule has 1 fully saturated rings. The summed E-state index contributed by atoms with van der Waals surface area (Å²) < 4.78 is 11.3. The van der Waals surface area contributed by atoms with Crippen LogP contribution in [0.2, 0.25) is 5.02 Å². The molecule has 23 heavy (non-hydrogen) atoms. The first kappa shape index (κ1) is 16.2. The van der Waals surface area contributed by atoms with Crippen molar-refractivity contribution < 1.29 is 14.3 Å². The Bertz CT molecular complexity index is 592. The number of rotatable bonds is 2. The van der Waals surface area contributed by atoms with Gasteiger partial charge in [0.15, 0.2) is 11.5 Å². The van der Waals surface area contributed by atoms with E-state index in [4.69, 9.17) is 21.1 Å². The highest BCUT2D eigenvalue weighted by Crippen LogP contribution is 2.38. The van der Waals surface area contributed by atoms with Gasteiger partial charge in [-0.2, -0.15) is 0 Å². The smallest absolute Gasteiger partial charge is 0.246 e. The van der Waals surface area contributed by atoms with E-state index in [9.17, 15) is 4.79 Å². The Morgan fingerprint density at radius 3 is 2.57 bits per heavy atom. The van der Waals surface area contributed by atoms with Gasteiger partial charge in [0.05, 0.1) is 18.2 Å². The fourth-order valence-corrected chi connectivity index (χ4v) is 3.18. The number of amides is 1. The predicted octanol–water partition coefficient (Wildman–Crippen LogP) is 3.92. The molecule has 0 aliphatic carbocycles. The van der Waals surface area contributed by atoms with Gasteiger partial charge in [-0.1, -0.05) is 24.4 Å². The average Bonchev–Trinajstić information content (AvgIpc) is 2.95. The first-order valence-corrected chi connectivity index (χ1v) is 8.68. The maximum Gasteiger partial charge on any atom is 0.246 e. The summed E-state index contributed by atoms with van der Waals surface area (Å²) in [5, 5.41) is 0.520. The number of likely N-dealkylation sites (tertiary alicyclic amines) is 1. The van der Waals surface area contributed by atoms with E-state index in [1.807, 2.05) is 11.0 Å². The molecule has 0 atom stereocenters. The minimum atomic E-state index is 0.0649. The van der Waals surface area contributed by atoms with Crippen LogP contribution in [-0.2, 0) is 4.79 Å². The average molecular weight is 336 g/mol. The number of ether oxygens (including phenoxy) is 2. The van der Waals surface area contributed by atoms with Gasteiger partial charge in [0.2, 0.25) is 5.91 Å². The van der Waals surface area contributed by atoms with Crippen LogP contribution in [0.15, 0.2) is 18.2 Å². The van der Waals surface area contributed by atoms with Crippen LogP contribution >= 0.6 is 11.6 Å². The third kappa shape index (κ3) is 4.20. The fraction of sp³-hybridized carbons (Fsp3) is 0.500. The molecule has 4 nitrogen and oxygen atoms in total. The number of nitrogens with zero attached hydrogens (tertiary/aromatic N) is 1. The summed E-state index contributed by atoms with van der Waals surface area (Å²) in [5.74, 6) is 1.31. The Morgan fingerprint density at radius 1 is 1.04 bits per heavy atom. The summed E-state index contributed by atoms with van der Waals surface area (Å²) in [6, 6.07) is 3.68. The molecule has 124 valence electrons. The first-order valence-electron chi connectivity index (χ1n) is 8.30. The molecule has 1 aromatic rings. The van der Waals surface area contributed by atoms with Crippen LogP contribution in [0.25, 0.3) is 6.08 Å². The molecule has 1 aromatic carbocycles. The van der Waals surface area contributed by atoms with Crippen molar-refractivity contribution in [1.82, 2.24) is 4.90 Å². The zero-order valence-corrected chi connectivity index (χ0v) is 14.0. The molecule has 0 N–H and O–H groups in total. The molecule has 0 aromatic heterocycles. The summed E-state index contributed by atoms with van der Waals surface area (Å²) in [6.07, 6.45) is 8.87. The lowest BCUT2D eigenvalue weighted by Crippen LogP contribution is -2.30. The van der Waals surface area contributed by atoms with E-state index in [1.54, 1.807) is 18.2 Å². The number of hydrogen-bond acceptors (Lipinski definition) is 3. The van der Waals surface area contributed by atoms with Crippen molar-refractivity contribution in [1.29, 1.82) is 0 Å². The molecule has 1 saturated heterocycles. The molecule has 1 amide bonds. The van der Waals surface area contributed by atoms with E-state index < -0.39 is 0 Å². The largest absolute Gasteiger partial charge is 0.489 e. The molecule has 0 radical (unpaired) electrons. The second kappa shape index (κ2) is 7.73. The van der Waals surface area contributed by atoms with Crippen molar-refractivity contribution in [2.24, 2.45) is 0 Å². The van der Waals surface area contributed by atoms with Crippen LogP contribution < -0.4 is 9.47 Å². The lowest BCUT2D eigenvalue weighted by molar-refractivity contribution is -0.125. The van der Waals surface area contributed by atoms with Crippen LogP contribution in [0.1, 0.15) is 37.7 Å². The van der Waals surface area contributed by atoms with E-state index in [-0.39, 0.29) is 5.91 Å². The van der Waals surface area contributed by atoms with Gasteiger partial charge in [0.1, 0.15) is 0 Å². The number of carbonyl (C=O) groups excluding carboxylic acids is 1. The molecule has 0 spiro atoms. The lowest BCUT2D eigenvalue weighted by Gasteiger charge is -2.18. The molecular formula is C18H22ClNO3. The van der Waals surface area contributed by atoms with Crippen molar-refractivity contribution in [3.05, 3.63) is 28.8 Å². The minimum Gasteiger partial charge on any atom is -0.489 e. The van der Waals surface area contributed by atoms with Crippen molar-refractivity contribution in [2.45, 2.75) is 32.1 Å². The molecule has 2 aliphatic rings. The summed E-state index contributed by atoms with van der Waals surface area (Å²) in [4.78, 5) is 14.2. The molecule has 0 bridgehead atoms. The van der Waals surface area contributed by atoms with E-state index in [2.05, 4.69) is 0 Å². The third-order valence-corrected chi connectivity index (χ3v) is 4.44. The van der Waals surface area contributed by atoms with E-state index >= 15 is 0 Å². The Hall–Kier alpha value is -1.68. The SMILES string of the molecule is O=C(C=Cc1cc(Cl)c2c(c1)OCCCO2)N1CCCCCC1. The second-order valence-corrected chi connectivity index (χ2v) is 6.36. The van der Waals surface area contributed by atoms with Crippen LogP contribution in [0.3, 0.4) is 0 Å². The van der Waals surface area contributed by atoms with Crippen molar-refractivity contribution in [2.75, 3.05) is 26.3 Å². The van der Waals surface area contributed by atoms with Gasteiger partial charge in [-0.3, -0.25) is 4.79 Å². The molecular weight excluding hydrogens is 314 g/mol. The molecule has 0 unspecified atom stereocenters. The third-order valence-electron chi connectivity index (χ3n) is 4.16. The van der Waals surface area contributed by atoms with Crippen LogP contribution in [0.5, 0.6) is 11.5 Å². The Balaban J connectivity index is 1.73. The summed E-state index contributed by atoms with van der Waals surface area (Å²) in [6.45, 7) is 2.93. The summed E-state index contributed by atoms with van der Waals surface area (Å²) in [7, 11) is 0. The topological polar surface area (TPSA) is 38.8 Å². The van der Waals surface area contributed by atoms with Crippen molar-refractivity contribution >= 4 is 23.6 Å². The van der Waals surface area contributed by atoms with Gasteiger partial charge in [-0.05, 0) is 36.6 Å². The van der Waals surface area contributed by atoms with Crippen LogP contribution in [-0.4, -0.2) is 37.1 Å². The number of benzene rings is 1. The number of fused-ring (bicyclic) bond motifs is 1. The molecule has 2 heterocycles. The summed E-state index contributed by atoms with van der Waals surface area (Å²) in [5.41, 5.74) is 0.849. The van der Waals surface area contributed by atoms with Gasteiger partial charge >= 0.3 is 0 Å². The normalized spacial score (nSPS) is 18.6. The fourth-order valence-electron chi connectivity index (χ4n) is 2.91. The van der Waals surface area contributed by atoms with E-state index in [0.717, 1.165) is 37.9 Å². The van der Waals surface area contributed by atoms with Gasteiger partial charge in [0.25, 0.3) is 0 Å². The number of halogens is 1. The molecule has 2 aliphatic heterocycles. The van der Waals surface area contributed by atoms with E-state index in [0.29, 0.717) is 29.7 Å². The second-order valence-electron chi connectivity index (χ2n) is 5.95. The summed E-state index contributed by atoms with van der Waals surface area (Å²) >= 11 is 6.27. The maximum atomic E-state index is 12.3. The van der Waals surface area contributed by atoms with Crippen LogP contribution in [0.4, 0.5) is 0 Å². The molecule has 3 rings (SSSR count). The van der Waals surface area contributed by atoms with Crippen molar-refractivity contribution in [3.8, 4) is 11.5 Å². The van der Waals surface area contributed by atoms with Gasteiger partial charge in [0, 0.05) is 25.6 Å². The zero-order chi connectivity index (χ0) is 16.1. The number of carbonyl (C=O) groups is 1. The quantitative estimate of drug-likeness (QED) is 0.769. The predicted molar refractivity (Wildman–Crippen MR) is 91.1 cm³/mol. The van der Waals surface area contributed by atoms with Gasteiger partial charge < -0.3 is 14.4 Å². The standard InChI is InChI=1S/C18H22ClNO3/c19-15-12-14(13-16-18(15)23-11-5-10-22-16)6-7-17(21)20-8-3-1-2-4-9-20/h6-7,12-13H,1-5,8-11H2. The van der Waals surface area contributed by atoms with Gasteiger partial charge in [-0.15, -0.1) is 0 Å². The van der Waals surface area contributed by atoms with Gasteiger partial charge in [-0.25, -0.2) is 0 Å². The zero-order valence-electron chi connectivity index (χ0n) is 13.2. The number of hydrogen-bond donors (Lipinski definition) is 0. The Kier molecular flexibility index (Phi) is 5.44. The first-order chi connectivity index (χ1) is 11.2. The maximum absolute atomic E-state index is 12.3. The lowest BCUT2D eigenvalue weighted by atomic mass is 10.2. The Labute approximate surface area is 142 Å². The molecule has 0 saturated carbocycles. The van der Waals surface area contributed by atoms with Crippen LogP contribution in [0, 0.1) is 0 Å². The monoisotopic (exact) mass is 335 g/mol.